The number of nitrogens with one attached hydrogen (secondary N) is 1. The first-order chi connectivity index (χ1) is 13.6. The molecule has 1 saturated heterocycles. The first-order valence-electron chi connectivity index (χ1n) is 9.41. The van der Waals surface area contributed by atoms with Gasteiger partial charge in [-0.2, -0.15) is 0 Å². The summed E-state index contributed by atoms with van der Waals surface area (Å²) >= 11 is 6.05. The molecule has 1 atom stereocenters. The zero-order chi connectivity index (χ0) is 19.5. The van der Waals surface area contributed by atoms with Gasteiger partial charge in [0.1, 0.15) is 19.0 Å². The fraction of sp³-hybridized carbons (Fsp3) is 0.381. The van der Waals surface area contributed by atoms with E-state index in [9.17, 15) is 4.79 Å². The van der Waals surface area contributed by atoms with Crippen molar-refractivity contribution < 1.29 is 19.0 Å². The molecule has 0 radical (unpaired) electrons. The Labute approximate surface area is 169 Å². The monoisotopic (exact) mass is 402 g/mol. The van der Waals surface area contributed by atoms with Crippen LogP contribution in [-0.2, 0) is 4.79 Å². The molecule has 1 N–H and O–H groups in total. The summed E-state index contributed by atoms with van der Waals surface area (Å²) in [7, 11) is 1.57. The minimum Gasteiger partial charge on any atom is -0.495 e. The van der Waals surface area contributed by atoms with E-state index < -0.39 is 0 Å². The molecule has 28 heavy (non-hydrogen) atoms. The number of amides is 1. The maximum Gasteiger partial charge on any atom is 0.238 e. The Kier molecular flexibility index (Phi) is 5.59. The van der Waals surface area contributed by atoms with Gasteiger partial charge < -0.3 is 19.5 Å². The summed E-state index contributed by atoms with van der Waals surface area (Å²) in [4.78, 5) is 14.9. The zero-order valence-corrected chi connectivity index (χ0v) is 16.5. The smallest absolute Gasteiger partial charge is 0.238 e. The molecule has 4 rings (SSSR count). The second kappa shape index (κ2) is 8.29. The highest BCUT2D eigenvalue weighted by atomic mass is 35.5. The predicted octanol–water partition coefficient (Wildman–Crippen LogP) is 3.90. The third-order valence-corrected chi connectivity index (χ3v) is 5.33. The number of benzene rings is 2. The molecule has 148 valence electrons. The molecule has 2 aromatic carbocycles. The quantitative estimate of drug-likeness (QED) is 0.822. The summed E-state index contributed by atoms with van der Waals surface area (Å²) in [6.45, 7) is 2.32. The van der Waals surface area contributed by atoms with Crippen molar-refractivity contribution in [2.24, 2.45) is 0 Å². The highest BCUT2D eigenvalue weighted by Gasteiger charge is 2.29. The minimum absolute atomic E-state index is 0.0926. The number of nitrogens with zero attached hydrogens (tertiary/aromatic N) is 1. The van der Waals surface area contributed by atoms with Crippen LogP contribution in [0, 0.1) is 0 Å². The number of hydrogen-bond donors (Lipinski definition) is 1. The number of carbonyl (C=O) groups is 1. The van der Waals surface area contributed by atoms with E-state index in [1.807, 2.05) is 12.1 Å². The fourth-order valence-electron chi connectivity index (χ4n) is 3.81. The maximum atomic E-state index is 12.7. The maximum absolute atomic E-state index is 12.7. The van der Waals surface area contributed by atoms with E-state index in [4.69, 9.17) is 25.8 Å². The van der Waals surface area contributed by atoms with Gasteiger partial charge in [-0.3, -0.25) is 9.69 Å². The molecular weight excluding hydrogens is 380 g/mol. The van der Waals surface area contributed by atoms with Crippen molar-refractivity contribution >= 4 is 23.2 Å². The van der Waals surface area contributed by atoms with Gasteiger partial charge >= 0.3 is 0 Å². The van der Waals surface area contributed by atoms with E-state index in [0.717, 1.165) is 36.4 Å². The van der Waals surface area contributed by atoms with Crippen LogP contribution in [-0.4, -0.2) is 44.2 Å². The number of carbonyl (C=O) groups excluding carboxylic acids is 1. The molecule has 0 saturated carbocycles. The summed E-state index contributed by atoms with van der Waals surface area (Å²) in [5, 5.41) is 3.46. The van der Waals surface area contributed by atoms with E-state index in [1.54, 1.807) is 25.3 Å². The molecule has 1 amide bonds. The molecule has 1 fully saturated rings. The van der Waals surface area contributed by atoms with E-state index in [2.05, 4.69) is 16.3 Å². The number of anilines is 1. The number of ether oxygens (including phenoxy) is 3. The molecule has 2 heterocycles. The first kappa shape index (κ1) is 18.9. The van der Waals surface area contributed by atoms with Crippen molar-refractivity contribution in [3.63, 3.8) is 0 Å². The zero-order valence-electron chi connectivity index (χ0n) is 15.7. The minimum atomic E-state index is -0.0926. The molecule has 0 spiro atoms. The fourth-order valence-corrected chi connectivity index (χ4v) is 3.98. The lowest BCUT2D eigenvalue weighted by molar-refractivity contribution is -0.117. The molecule has 0 aromatic heterocycles. The number of rotatable bonds is 5. The molecule has 0 unspecified atom stereocenters. The van der Waals surface area contributed by atoms with Crippen LogP contribution in [0.3, 0.4) is 0 Å². The Balaban J connectivity index is 1.45. The Hall–Kier alpha value is -2.44. The lowest BCUT2D eigenvalue weighted by Gasteiger charge is -2.26. The molecule has 0 bridgehead atoms. The van der Waals surface area contributed by atoms with Crippen molar-refractivity contribution in [3.05, 3.63) is 47.0 Å². The topological polar surface area (TPSA) is 60.0 Å². The van der Waals surface area contributed by atoms with Gasteiger partial charge in [0, 0.05) is 11.1 Å². The average molecular weight is 403 g/mol. The highest BCUT2D eigenvalue weighted by molar-refractivity contribution is 6.31. The van der Waals surface area contributed by atoms with E-state index >= 15 is 0 Å². The number of likely N-dealkylation sites (tertiary alicyclic amines) is 1. The van der Waals surface area contributed by atoms with Crippen LogP contribution < -0.4 is 19.5 Å². The molecule has 7 heteroatoms. The predicted molar refractivity (Wildman–Crippen MR) is 108 cm³/mol. The normalized spacial score (nSPS) is 18.7. The van der Waals surface area contributed by atoms with Crippen LogP contribution in [0.1, 0.15) is 24.4 Å². The summed E-state index contributed by atoms with van der Waals surface area (Å²) in [6, 6.07) is 11.4. The second-order valence-corrected chi connectivity index (χ2v) is 7.36. The number of fused-ring (bicyclic) bond motifs is 1. The van der Waals surface area contributed by atoms with E-state index in [1.165, 1.54) is 0 Å². The third kappa shape index (κ3) is 4.03. The van der Waals surface area contributed by atoms with Crippen molar-refractivity contribution in [3.8, 4) is 17.2 Å². The van der Waals surface area contributed by atoms with Crippen LogP contribution in [0.15, 0.2) is 36.4 Å². The Morgan fingerprint density at radius 2 is 2.04 bits per heavy atom. The summed E-state index contributed by atoms with van der Waals surface area (Å²) in [6.07, 6.45) is 2.06. The van der Waals surface area contributed by atoms with Crippen molar-refractivity contribution in [2.75, 3.05) is 38.7 Å². The number of halogens is 1. The van der Waals surface area contributed by atoms with Gasteiger partial charge in [0.25, 0.3) is 0 Å². The molecule has 6 nitrogen and oxygen atoms in total. The van der Waals surface area contributed by atoms with Gasteiger partial charge in [0.05, 0.1) is 19.3 Å². The highest BCUT2D eigenvalue weighted by Crippen LogP contribution is 2.38. The van der Waals surface area contributed by atoms with Gasteiger partial charge in [0.2, 0.25) is 5.91 Å². The van der Waals surface area contributed by atoms with Crippen LogP contribution in [0.5, 0.6) is 17.2 Å². The number of methoxy groups -OCH3 is 1. The molecule has 0 aliphatic carbocycles. The molecule has 2 aromatic rings. The summed E-state index contributed by atoms with van der Waals surface area (Å²) in [5.74, 6) is 2.06. The van der Waals surface area contributed by atoms with Gasteiger partial charge in [-0.15, -0.1) is 0 Å². The van der Waals surface area contributed by atoms with E-state index in [-0.39, 0.29) is 11.9 Å². The Morgan fingerprint density at radius 3 is 2.86 bits per heavy atom. The van der Waals surface area contributed by atoms with Crippen molar-refractivity contribution in [2.45, 2.75) is 18.9 Å². The number of hydrogen-bond acceptors (Lipinski definition) is 5. The SMILES string of the molecule is COc1ccc(Cl)cc1NC(=O)CN1CCC[C@@H]1c1ccc2c(c1)OCCO2. The van der Waals surface area contributed by atoms with Gasteiger partial charge in [-0.25, -0.2) is 0 Å². The molecule has 2 aliphatic rings. The summed E-state index contributed by atoms with van der Waals surface area (Å²) < 4.78 is 16.6. The Morgan fingerprint density at radius 1 is 1.21 bits per heavy atom. The van der Waals surface area contributed by atoms with E-state index in [0.29, 0.717) is 36.2 Å². The van der Waals surface area contributed by atoms with Crippen LogP contribution in [0.25, 0.3) is 0 Å². The second-order valence-electron chi connectivity index (χ2n) is 6.92. The van der Waals surface area contributed by atoms with Crippen LogP contribution in [0.2, 0.25) is 5.02 Å². The van der Waals surface area contributed by atoms with Gasteiger partial charge in [-0.1, -0.05) is 17.7 Å². The summed E-state index contributed by atoms with van der Waals surface area (Å²) in [5.41, 5.74) is 1.73. The largest absolute Gasteiger partial charge is 0.495 e. The van der Waals surface area contributed by atoms with Gasteiger partial charge in [0.15, 0.2) is 11.5 Å². The standard InChI is InChI=1S/C21H23ClN2O4/c1-26-18-7-5-15(22)12-16(18)23-21(25)13-24-8-2-3-17(24)14-4-6-19-20(11-14)28-10-9-27-19/h4-7,11-12,17H,2-3,8-10,13H2,1H3,(H,23,25)/t17-/m1/s1. The van der Waals surface area contributed by atoms with Crippen molar-refractivity contribution in [1.29, 1.82) is 0 Å². The first-order valence-corrected chi connectivity index (χ1v) is 9.79. The third-order valence-electron chi connectivity index (χ3n) is 5.10. The lowest BCUT2D eigenvalue weighted by atomic mass is 10.0. The van der Waals surface area contributed by atoms with Crippen LogP contribution >= 0.6 is 11.6 Å². The van der Waals surface area contributed by atoms with Gasteiger partial charge in [-0.05, 0) is 55.3 Å². The van der Waals surface area contributed by atoms with Crippen LogP contribution in [0.4, 0.5) is 5.69 Å². The Bertz CT molecular complexity index is 873. The molecule has 2 aliphatic heterocycles. The lowest BCUT2D eigenvalue weighted by Crippen LogP contribution is -2.33. The van der Waals surface area contributed by atoms with Crippen molar-refractivity contribution in [1.82, 2.24) is 4.90 Å². The average Bonchev–Trinajstić information content (AvgIpc) is 3.15. The molecular formula is C21H23ClN2O4.